The third kappa shape index (κ3) is 2.18. The van der Waals surface area contributed by atoms with E-state index in [4.69, 9.17) is 0 Å². The molecule has 2 aromatic heterocycles. The molecule has 0 aliphatic carbocycles. The van der Waals surface area contributed by atoms with Gasteiger partial charge in [0.1, 0.15) is 0 Å². The first-order valence-electron chi connectivity index (χ1n) is 6.21. The lowest BCUT2D eigenvalue weighted by atomic mass is 10.2. The Balaban J connectivity index is 2.61. The molecule has 2 rings (SSSR count). The minimum absolute atomic E-state index is 0.00806. The van der Waals surface area contributed by atoms with Crippen LogP contribution in [0.5, 0.6) is 0 Å². The van der Waals surface area contributed by atoms with Gasteiger partial charge in [0.2, 0.25) is 0 Å². The lowest BCUT2D eigenvalue weighted by Crippen LogP contribution is -2.09. The maximum atomic E-state index is 11.6. The average molecular weight is 243 g/mol. The predicted octanol–water partition coefficient (Wildman–Crippen LogP) is 2.59. The molecule has 2 heterocycles. The molecule has 0 aromatic carbocycles. The monoisotopic (exact) mass is 243 g/mol. The number of hydrogen-bond acceptors (Lipinski definition) is 3. The van der Waals surface area contributed by atoms with Crippen LogP contribution in [0, 0.1) is 0 Å². The van der Waals surface area contributed by atoms with Crippen molar-refractivity contribution in [3.8, 4) is 5.82 Å². The van der Waals surface area contributed by atoms with Gasteiger partial charge in [-0.25, -0.2) is 9.67 Å². The molecule has 0 unspecified atom stereocenters. The Morgan fingerprint density at radius 2 is 2.11 bits per heavy atom. The summed E-state index contributed by atoms with van der Waals surface area (Å²) in [6, 6.07) is 5.63. The van der Waals surface area contributed by atoms with Crippen LogP contribution in [0.25, 0.3) is 5.82 Å². The second kappa shape index (κ2) is 5.12. The Morgan fingerprint density at radius 1 is 1.33 bits per heavy atom. The normalized spacial score (nSPS) is 10.6. The zero-order valence-corrected chi connectivity index (χ0v) is 11.0. The standard InChI is InChI=1S/C14H17N3O/c1-4-11-9-12(5-2)17(16-11)14-13(10(3)18)7-6-8-15-14/h6-9H,4-5H2,1-3H3. The first kappa shape index (κ1) is 12.5. The van der Waals surface area contributed by atoms with E-state index < -0.39 is 0 Å². The number of carbonyl (C=O) groups is 1. The number of Topliss-reactive ketones (excluding diaryl/α,β-unsaturated/α-hetero) is 1. The Morgan fingerprint density at radius 3 is 2.72 bits per heavy atom. The summed E-state index contributed by atoms with van der Waals surface area (Å²) < 4.78 is 1.79. The number of aromatic nitrogens is 3. The van der Waals surface area contributed by atoms with Crippen LogP contribution < -0.4 is 0 Å². The molecule has 2 aromatic rings. The number of ketones is 1. The summed E-state index contributed by atoms with van der Waals surface area (Å²) in [6.07, 6.45) is 3.43. The molecule has 0 aliphatic heterocycles. The molecular formula is C14H17N3O. The number of pyridine rings is 1. The van der Waals surface area contributed by atoms with E-state index in [0.29, 0.717) is 11.4 Å². The molecule has 0 spiro atoms. The SMILES string of the molecule is CCc1cc(CC)n(-c2ncccc2C(C)=O)n1. The van der Waals surface area contributed by atoms with Gasteiger partial charge in [0, 0.05) is 11.9 Å². The molecule has 94 valence electrons. The second-order valence-corrected chi connectivity index (χ2v) is 4.18. The average Bonchev–Trinajstić information content (AvgIpc) is 2.81. The van der Waals surface area contributed by atoms with Crippen molar-refractivity contribution >= 4 is 5.78 Å². The summed E-state index contributed by atoms with van der Waals surface area (Å²) in [5.41, 5.74) is 2.71. The summed E-state index contributed by atoms with van der Waals surface area (Å²) >= 11 is 0. The zero-order chi connectivity index (χ0) is 13.1. The van der Waals surface area contributed by atoms with Crippen LogP contribution in [-0.2, 0) is 12.8 Å². The fourth-order valence-corrected chi connectivity index (χ4v) is 1.92. The van der Waals surface area contributed by atoms with E-state index in [1.165, 1.54) is 0 Å². The molecule has 0 radical (unpaired) electrons. The maximum absolute atomic E-state index is 11.6. The van der Waals surface area contributed by atoms with Gasteiger partial charge in [0.15, 0.2) is 11.6 Å². The molecule has 4 heteroatoms. The predicted molar refractivity (Wildman–Crippen MR) is 70.1 cm³/mol. The molecule has 0 saturated carbocycles. The fraction of sp³-hybridized carbons (Fsp3) is 0.357. The van der Waals surface area contributed by atoms with E-state index in [9.17, 15) is 4.79 Å². The van der Waals surface area contributed by atoms with Crippen LogP contribution in [0.15, 0.2) is 24.4 Å². The number of aryl methyl sites for hydroxylation is 2. The van der Waals surface area contributed by atoms with Crippen molar-refractivity contribution in [3.63, 3.8) is 0 Å². The smallest absolute Gasteiger partial charge is 0.164 e. The minimum atomic E-state index is 0.00806. The summed E-state index contributed by atoms with van der Waals surface area (Å²) in [5, 5.41) is 4.51. The Bertz CT molecular complexity index is 572. The summed E-state index contributed by atoms with van der Waals surface area (Å²) in [5.74, 6) is 0.634. The fourth-order valence-electron chi connectivity index (χ4n) is 1.92. The number of hydrogen-bond donors (Lipinski definition) is 0. The third-order valence-electron chi connectivity index (χ3n) is 2.92. The van der Waals surface area contributed by atoms with E-state index in [-0.39, 0.29) is 5.78 Å². The van der Waals surface area contributed by atoms with Crippen molar-refractivity contribution in [1.82, 2.24) is 14.8 Å². The molecule has 0 fully saturated rings. The van der Waals surface area contributed by atoms with Gasteiger partial charge in [-0.2, -0.15) is 5.10 Å². The highest BCUT2D eigenvalue weighted by atomic mass is 16.1. The Kier molecular flexibility index (Phi) is 3.55. The third-order valence-corrected chi connectivity index (χ3v) is 2.92. The van der Waals surface area contributed by atoms with Crippen molar-refractivity contribution in [2.24, 2.45) is 0 Å². The van der Waals surface area contributed by atoms with Crippen molar-refractivity contribution < 1.29 is 4.79 Å². The molecular weight excluding hydrogens is 226 g/mol. The van der Waals surface area contributed by atoms with Gasteiger partial charge < -0.3 is 0 Å². The highest BCUT2D eigenvalue weighted by Crippen LogP contribution is 2.16. The van der Waals surface area contributed by atoms with Crippen LogP contribution >= 0.6 is 0 Å². The van der Waals surface area contributed by atoms with Crippen LogP contribution in [0.2, 0.25) is 0 Å². The largest absolute Gasteiger partial charge is 0.294 e. The molecule has 0 aliphatic rings. The molecule has 0 amide bonds. The molecule has 0 saturated heterocycles. The van der Waals surface area contributed by atoms with Gasteiger partial charge in [-0.3, -0.25) is 4.79 Å². The first-order chi connectivity index (χ1) is 8.67. The molecule has 0 bridgehead atoms. The van der Waals surface area contributed by atoms with Crippen LogP contribution in [0.4, 0.5) is 0 Å². The van der Waals surface area contributed by atoms with E-state index in [1.54, 1.807) is 29.9 Å². The van der Waals surface area contributed by atoms with Gasteiger partial charge >= 0.3 is 0 Å². The van der Waals surface area contributed by atoms with Crippen molar-refractivity contribution in [2.45, 2.75) is 33.6 Å². The molecule has 18 heavy (non-hydrogen) atoms. The van der Waals surface area contributed by atoms with Gasteiger partial charge in [-0.15, -0.1) is 0 Å². The van der Waals surface area contributed by atoms with Gasteiger partial charge in [-0.05, 0) is 38.0 Å². The summed E-state index contributed by atoms with van der Waals surface area (Å²) in [4.78, 5) is 15.9. The van der Waals surface area contributed by atoms with E-state index in [1.807, 2.05) is 0 Å². The van der Waals surface area contributed by atoms with Crippen LogP contribution in [0.3, 0.4) is 0 Å². The van der Waals surface area contributed by atoms with Crippen LogP contribution in [0.1, 0.15) is 42.5 Å². The van der Waals surface area contributed by atoms with Crippen molar-refractivity contribution in [3.05, 3.63) is 41.3 Å². The number of carbonyl (C=O) groups excluding carboxylic acids is 1. The zero-order valence-electron chi connectivity index (χ0n) is 11.0. The summed E-state index contributed by atoms with van der Waals surface area (Å²) in [6.45, 7) is 5.69. The van der Waals surface area contributed by atoms with Gasteiger partial charge in [0.25, 0.3) is 0 Å². The highest BCUT2D eigenvalue weighted by Gasteiger charge is 2.14. The highest BCUT2D eigenvalue weighted by molar-refractivity contribution is 5.96. The maximum Gasteiger partial charge on any atom is 0.164 e. The van der Waals surface area contributed by atoms with E-state index in [2.05, 4.69) is 30.0 Å². The summed E-state index contributed by atoms with van der Waals surface area (Å²) in [7, 11) is 0. The van der Waals surface area contributed by atoms with E-state index >= 15 is 0 Å². The minimum Gasteiger partial charge on any atom is -0.294 e. The Hall–Kier alpha value is -1.97. The molecule has 4 nitrogen and oxygen atoms in total. The first-order valence-corrected chi connectivity index (χ1v) is 6.21. The lowest BCUT2D eigenvalue weighted by molar-refractivity contribution is 0.101. The topological polar surface area (TPSA) is 47.8 Å². The Labute approximate surface area is 107 Å². The molecule has 0 N–H and O–H groups in total. The number of rotatable bonds is 4. The van der Waals surface area contributed by atoms with Crippen molar-refractivity contribution in [2.75, 3.05) is 0 Å². The van der Waals surface area contributed by atoms with Gasteiger partial charge in [0.05, 0.1) is 11.3 Å². The lowest BCUT2D eigenvalue weighted by Gasteiger charge is -2.08. The quantitative estimate of drug-likeness (QED) is 0.775. The molecule has 0 atom stereocenters. The number of nitrogens with zero attached hydrogens (tertiary/aromatic N) is 3. The van der Waals surface area contributed by atoms with Gasteiger partial charge in [-0.1, -0.05) is 13.8 Å². The van der Waals surface area contributed by atoms with Crippen molar-refractivity contribution in [1.29, 1.82) is 0 Å². The van der Waals surface area contributed by atoms with E-state index in [0.717, 1.165) is 24.2 Å². The van der Waals surface area contributed by atoms with Crippen LogP contribution in [-0.4, -0.2) is 20.5 Å². The second-order valence-electron chi connectivity index (χ2n) is 4.18.